The molecular formula is C29H28N2O6S. The van der Waals surface area contributed by atoms with Gasteiger partial charge in [-0.3, -0.25) is 19.3 Å². The quantitative estimate of drug-likeness (QED) is 0.347. The minimum absolute atomic E-state index is 0.150. The summed E-state index contributed by atoms with van der Waals surface area (Å²) in [5.74, 6) is 0.779. The number of carbonyl (C=O) groups is 3. The number of nitrogens with one attached hydrogen (secondary N) is 1. The Hall–Kier alpha value is -4.24. The molecule has 0 unspecified atom stereocenters. The van der Waals surface area contributed by atoms with Crippen LogP contribution in [0.5, 0.6) is 17.2 Å². The van der Waals surface area contributed by atoms with E-state index in [0.717, 1.165) is 28.6 Å². The average molecular weight is 533 g/mol. The number of hydrogen-bond acceptors (Lipinski definition) is 7. The molecule has 1 aliphatic heterocycles. The van der Waals surface area contributed by atoms with Crippen LogP contribution in [0.3, 0.4) is 0 Å². The number of anilines is 1. The van der Waals surface area contributed by atoms with Crippen molar-refractivity contribution in [3.63, 3.8) is 0 Å². The number of amides is 3. The molecule has 3 aromatic carbocycles. The number of methoxy groups -OCH3 is 1. The Labute approximate surface area is 225 Å². The summed E-state index contributed by atoms with van der Waals surface area (Å²) in [6.07, 6.45) is 1.63. The molecule has 0 saturated carbocycles. The first-order valence-corrected chi connectivity index (χ1v) is 12.8. The second-order valence-corrected chi connectivity index (χ2v) is 9.48. The lowest BCUT2D eigenvalue weighted by Gasteiger charge is -2.13. The molecule has 0 spiro atoms. The molecule has 1 heterocycles. The highest BCUT2D eigenvalue weighted by atomic mass is 32.2. The van der Waals surface area contributed by atoms with Crippen LogP contribution in [-0.4, -0.2) is 48.8 Å². The number of aryl methyl sites for hydroxylation is 1. The number of ether oxygens (including phenoxy) is 3. The molecule has 0 aliphatic carbocycles. The number of para-hydroxylation sites is 1. The van der Waals surface area contributed by atoms with Crippen LogP contribution >= 0.6 is 11.8 Å². The monoisotopic (exact) mass is 532 g/mol. The molecule has 9 heteroatoms. The number of imide groups is 1. The van der Waals surface area contributed by atoms with Crippen LogP contribution in [0.15, 0.2) is 71.6 Å². The maximum Gasteiger partial charge on any atom is 0.293 e. The van der Waals surface area contributed by atoms with E-state index in [1.54, 1.807) is 24.3 Å². The second-order valence-electron chi connectivity index (χ2n) is 8.49. The van der Waals surface area contributed by atoms with E-state index < -0.39 is 0 Å². The van der Waals surface area contributed by atoms with Crippen LogP contribution in [0.4, 0.5) is 10.5 Å². The first kappa shape index (κ1) is 26.8. The summed E-state index contributed by atoms with van der Waals surface area (Å²) >= 11 is 0.876. The molecule has 0 bridgehead atoms. The number of carbonyl (C=O) groups excluding carboxylic acids is 3. The van der Waals surface area contributed by atoms with Crippen LogP contribution in [0.25, 0.3) is 6.08 Å². The molecule has 3 aromatic rings. The maximum absolute atomic E-state index is 12.8. The second kappa shape index (κ2) is 12.3. The normalized spacial score (nSPS) is 14.1. The van der Waals surface area contributed by atoms with Gasteiger partial charge in [-0.05, 0) is 78.7 Å². The van der Waals surface area contributed by atoms with Crippen molar-refractivity contribution in [1.29, 1.82) is 0 Å². The van der Waals surface area contributed by atoms with Crippen LogP contribution in [0.1, 0.15) is 16.7 Å². The molecule has 3 amide bonds. The fourth-order valence-corrected chi connectivity index (χ4v) is 4.59. The van der Waals surface area contributed by atoms with E-state index >= 15 is 0 Å². The standard InChI is InChI=1S/C29H28N2O6S/c1-19-8-7-11-23(20(19)2)30-27(32)18-37-24-13-12-21(16-25(24)35-3)17-26-28(33)31(29(34)38-26)14-15-36-22-9-5-4-6-10-22/h4-13,16-17H,14-15,18H2,1-3H3,(H,30,32)/b26-17-. The van der Waals surface area contributed by atoms with Gasteiger partial charge in [0.1, 0.15) is 12.4 Å². The number of benzene rings is 3. The van der Waals surface area contributed by atoms with Gasteiger partial charge in [0.05, 0.1) is 18.6 Å². The Kier molecular flexibility index (Phi) is 8.70. The van der Waals surface area contributed by atoms with Crippen molar-refractivity contribution in [3.05, 3.63) is 88.3 Å². The molecule has 0 radical (unpaired) electrons. The van der Waals surface area contributed by atoms with Crippen molar-refractivity contribution in [1.82, 2.24) is 4.90 Å². The summed E-state index contributed by atoms with van der Waals surface area (Å²) < 4.78 is 16.7. The molecule has 0 aromatic heterocycles. The Morgan fingerprint density at radius 2 is 1.76 bits per heavy atom. The first-order valence-electron chi connectivity index (χ1n) is 12.0. The summed E-state index contributed by atoms with van der Waals surface area (Å²) in [5.41, 5.74) is 3.47. The van der Waals surface area contributed by atoms with E-state index in [1.807, 2.05) is 62.4 Å². The lowest BCUT2D eigenvalue weighted by Crippen LogP contribution is -2.32. The van der Waals surface area contributed by atoms with Crippen LogP contribution in [0.2, 0.25) is 0 Å². The van der Waals surface area contributed by atoms with Crippen molar-refractivity contribution >= 4 is 40.6 Å². The molecule has 196 valence electrons. The van der Waals surface area contributed by atoms with Gasteiger partial charge in [0.2, 0.25) is 0 Å². The predicted molar refractivity (Wildman–Crippen MR) is 148 cm³/mol. The molecule has 38 heavy (non-hydrogen) atoms. The lowest BCUT2D eigenvalue weighted by atomic mass is 10.1. The Balaban J connectivity index is 1.36. The topological polar surface area (TPSA) is 94.2 Å². The van der Waals surface area contributed by atoms with E-state index in [9.17, 15) is 14.4 Å². The number of hydrogen-bond donors (Lipinski definition) is 1. The summed E-state index contributed by atoms with van der Waals surface area (Å²) in [5, 5.41) is 2.51. The van der Waals surface area contributed by atoms with E-state index in [-0.39, 0.29) is 36.8 Å². The number of nitrogens with zero attached hydrogens (tertiary/aromatic N) is 1. The van der Waals surface area contributed by atoms with Gasteiger partial charge < -0.3 is 19.5 Å². The van der Waals surface area contributed by atoms with E-state index in [0.29, 0.717) is 27.7 Å². The minimum atomic E-state index is -0.376. The van der Waals surface area contributed by atoms with E-state index in [1.165, 1.54) is 12.0 Å². The summed E-state index contributed by atoms with van der Waals surface area (Å²) in [7, 11) is 1.49. The molecule has 8 nitrogen and oxygen atoms in total. The third-order valence-electron chi connectivity index (χ3n) is 5.92. The third kappa shape index (κ3) is 6.54. The Bertz CT molecular complexity index is 1370. The SMILES string of the molecule is COc1cc(/C=C2\SC(=O)N(CCOc3ccccc3)C2=O)ccc1OCC(=O)Nc1cccc(C)c1C. The highest BCUT2D eigenvalue weighted by molar-refractivity contribution is 8.18. The fourth-order valence-electron chi connectivity index (χ4n) is 3.72. The van der Waals surface area contributed by atoms with E-state index in [4.69, 9.17) is 14.2 Å². The van der Waals surface area contributed by atoms with Gasteiger partial charge in [0, 0.05) is 5.69 Å². The van der Waals surface area contributed by atoms with Crippen molar-refractivity contribution in [2.75, 3.05) is 32.2 Å². The number of thioether (sulfide) groups is 1. The smallest absolute Gasteiger partial charge is 0.293 e. The van der Waals surface area contributed by atoms with Crippen LogP contribution in [0, 0.1) is 13.8 Å². The van der Waals surface area contributed by atoms with Crippen LogP contribution < -0.4 is 19.5 Å². The van der Waals surface area contributed by atoms with Gasteiger partial charge in [-0.15, -0.1) is 0 Å². The molecule has 0 atom stereocenters. The van der Waals surface area contributed by atoms with Gasteiger partial charge in [-0.25, -0.2) is 0 Å². The maximum atomic E-state index is 12.8. The van der Waals surface area contributed by atoms with Crippen molar-refractivity contribution in [3.8, 4) is 17.2 Å². The molecular weight excluding hydrogens is 504 g/mol. The highest BCUT2D eigenvalue weighted by Crippen LogP contribution is 2.34. The zero-order chi connectivity index (χ0) is 27.1. The molecule has 1 fully saturated rings. The van der Waals surface area contributed by atoms with Gasteiger partial charge in [-0.1, -0.05) is 36.4 Å². The van der Waals surface area contributed by atoms with Gasteiger partial charge in [0.25, 0.3) is 17.1 Å². The van der Waals surface area contributed by atoms with Crippen molar-refractivity contribution in [2.45, 2.75) is 13.8 Å². The molecule has 1 N–H and O–H groups in total. The highest BCUT2D eigenvalue weighted by Gasteiger charge is 2.34. The molecule has 1 aliphatic rings. The minimum Gasteiger partial charge on any atom is -0.493 e. The zero-order valence-corrected chi connectivity index (χ0v) is 22.2. The number of rotatable bonds is 10. The summed E-state index contributed by atoms with van der Waals surface area (Å²) in [6.45, 7) is 4.08. The van der Waals surface area contributed by atoms with Crippen molar-refractivity contribution < 1.29 is 28.6 Å². The van der Waals surface area contributed by atoms with Crippen LogP contribution in [-0.2, 0) is 9.59 Å². The average Bonchev–Trinajstić information content (AvgIpc) is 3.18. The van der Waals surface area contributed by atoms with Crippen molar-refractivity contribution in [2.24, 2.45) is 0 Å². The zero-order valence-electron chi connectivity index (χ0n) is 21.4. The Morgan fingerprint density at radius 1 is 0.974 bits per heavy atom. The predicted octanol–water partition coefficient (Wildman–Crippen LogP) is 5.44. The third-order valence-corrected chi connectivity index (χ3v) is 6.83. The molecule has 4 rings (SSSR count). The lowest BCUT2D eigenvalue weighted by molar-refractivity contribution is -0.123. The van der Waals surface area contributed by atoms with Gasteiger partial charge >= 0.3 is 0 Å². The van der Waals surface area contributed by atoms with E-state index in [2.05, 4.69) is 5.32 Å². The fraction of sp³-hybridized carbons (Fsp3) is 0.207. The Morgan fingerprint density at radius 3 is 2.53 bits per heavy atom. The van der Waals surface area contributed by atoms with Gasteiger partial charge in [0.15, 0.2) is 18.1 Å². The van der Waals surface area contributed by atoms with Gasteiger partial charge in [-0.2, -0.15) is 0 Å². The molecule has 1 saturated heterocycles. The summed E-state index contributed by atoms with van der Waals surface area (Å²) in [6, 6.07) is 20.0. The first-order chi connectivity index (χ1) is 18.4. The summed E-state index contributed by atoms with van der Waals surface area (Å²) in [4.78, 5) is 39.1. The largest absolute Gasteiger partial charge is 0.493 e.